The van der Waals surface area contributed by atoms with E-state index in [0.29, 0.717) is 30.5 Å². The van der Waals surface area contributed by atoms with Crippen molar-refractivity contribution < 1.29 is 9.53 Å². The number of carbonyl (C=O) groups excluding carboxylic acids is 1. The summed E-state index contributed by atoms with van der Waals surface area (Å²) in [6, 6.07) is 15.0. The fraction of sp³-hybridized carbons (Fsp3) is 0.222. The molecule has 130 valence electrons. The molecule has 0 aliphatic carbocycles. The molecule has 0 saturated heterocycles. The van der Waals surface area contributed by atoms with Gasteiger partial charge in [-0.1, -0.05) is 29.8 Å². The molecule has 0 saturated carbocycles. The summed E-state index contributed by atoms with van der Waals surface area (Å²) in [7, 11) is 1.73. The maximum Gasteiger partial charge on any atom is 0.317 e. The monoisotopic (exact) mass is 375 g/mol. The van der Waals surface area contributed by atoms with Crippen molar-refractivity contribution in [3.63, 3.8) is 0 Å². The van der Waals surface area contributed by atoms with E-state index in [9.17, 15) is 4.79 Å². The van der Waals surface area contributed by atoms with E-state index in [1.165, 1.54) is 0 Å². The Hall–Kier alpha value is -2.31. The van der Waals surface area contributed by atoms with Crippen LogP contribution in [-0.4, -0.2) is 36.1 Å². The molecule has 0 atom stereocenters. The molecule has 3 rings (SSSR count). The van der Waals surface area contributed by atoms with Gasteiger partial charge in [0.15, 0.2) is 0 Å². The van der Waals surface area contributed by atoms with E-state index in [2.05, 4.69) is 10.3 Å². The standard InChI is InChI=1S/C18H18ClN3O2S/c1-22(9-10-24-14-6-4-5-13(19)11-14)18(23)20-12-17-21-15-7-2-3-8-16(15)25-17/h2-8,11H,9-10,12H2,1H3,(H,20,23). The van der Waals surface area contributed by atoms with E-state index >= 15 is 0 Å². The highest BCUT2D eigenvalue weighted by Gasteiger charge is 2.10. The second-order valence-corrected chi connectivity index (χ2v) is 7.01. The van der Waals surface area contributed by atoms with Crippen LogP contribution < -0.4 is 10.1 Å². The number of likely N-dealkylation sites (N-methyl/N-ethyl adjacent to an activating group) is 1. The van der Waals surface area contributed by atoms with Crippen molar-refractivity contribution >= 4 is 39.2 Å². The van der Waals surface area contributed by atoms with E-state index in [1.54, 1.807) is 35.4 Å². The van der Waals surface area contributed by atoms with Gasteiger partial charge in [-0.3, -0.25) is 0 Å². The zero-order chi connectivity index (χ0) is 17.6. The number of nitrogens with zero attached hydrogens (tertiary/aromatic N) is 2. The Balaban J connectivity index is 1.44. The maximum absolute atomic E-state index is 12.1. The van der Waals surface area contributed by atoms with Gasteiger partial charge in [-0.2, -0.15) is 0 Å². The topological polar surface area (TPSA) is 54.5 Å². The molecule has 0 bridgehead atoms. The van der Waals surface area contributed by atoms with Gasteiger partial charge in [0, 0.05) is 12.1 Å². The number of nitrogens with one attached hydrogen (secondary N) is 1. The lowest BCUT2D eigenvalue weighted by atomic mass is 10.3. The second-order valence-electron chi connectivity index (χ2n) is 5.46. The molecule has 7 heteroatoms. The molecule has 0 radical (unpaired) electrons. The van der Waals surface area contributed by atoms with E-state index in [4.69, 9.17) is 16.3 Å². The molecule has 1 aromatic heterocycles. The number of hydrogen-bond donors (Lipinski definition) is 1. The van der Waals surface area contributed by atoms with Gasteiger partial charge in [0.05, 0.1) is 23.3 Å². The minimum atomic E-state index is -0.158. The van der Waals surface area contributed by atoms with E-state index < -0.39 is 0 Å². The Morgan fingerprint density at radius 2 is 2.12 bits per heavy atom. The van der Waals surface area contributed by atoms with Gasteiger partial charge in [-0.05, 0) is 30.3 Å². The average Bonchev–Trinajstić information content (AvgIpc) is 3.02. The van der Waals surface area contributed by atoms with Gasteiger partial charge < -0.3 is 15.0 Å². The second kappa shape index (κ2) is 8.18. The van der Waals surface area contributed by atoms with Crippen LogP contribution in [0.15, 0.2) is 48.5 Å². The summed E-state index contributed by atoms with van der Waals surface area (Å²) in [4.78, 5) is 18.2. The van der Waals surface area contributed by atoms with E-state index in [1.807, 2.05) is 36.4 Å². The third kappa shape index (κ3) is 4.84. The SMILES string of the molecule is CN(CCOc1cccc(Cl)c1)C(=O)NCc1nc2ccccc2s1. The zero-order valence-corrected chi connectivity index (χ0v) is 15.3. The summed E-state index contributed by atoms with van der Waals surface area (Å²) in [5, 5.41) is 4.39. The molecule has 5 nitrogen and oxygen atoms in total. The summed E-state index contributed by atoms with van der Waals surface area (Å²) in [6.45, 7) is 1.28. The molecule has 0 aliphatic rings. The molecular formula is C18H18ClN3O2S. The summed E-state index contributed by atoms with van der Waals surface area (Å²) in [5.41, 5.74) is 0.958. The minimum absolute atomic E-state index is 0.158. The summed E-state index contributed by atoms with van der Waals surface area (Å²) < 4.78 is 6.71. The highest BCUT2D eigenvalue weighted by Crippen LogP contribution is 2.21. The van der Waals surface area contributed by atoms with Gasteiger partial charge in [0.25, 0.3) is 0 Å². The zero-order valence-electron chi connectivity index (χ0n) is 13.7. The van der Waals surface area contributed by atoms with Crippen molar-refractivity contribution in [2.24, 2.45) is 0 Å². The van der Waals surface area contributed by atoms with Crippen molar-refractivity contribution in [3.8, 4) is 5.75 Å². The number of amides is 2. The van der Waals surface area contributed by atoms with Gasteiger partial charge in [0.1, 0.15) is 17.4 Å². The number of ether oxygens (including phenoxy) is 1. The number of urea groups is 1. The number of fused-ring (bicyclic) bond motifs is 1. The highest BCUT2D eigenvalue weighted by atomic mass is 35.5. The molecule has 0 fully saturated rings. The molecule has 25 heavy (non-hydrogen) atoms. The lowest BCUT2D eigenvalue weighted by Crippen LogP contribution is -2.39. The molecule has 1 N–H and O–H groups in total. The molecule has 2 amide bonds. The number of aromatic nitrogens is 1. The fourth-order valence-corrected chi connectivity index (χ4v) is 3.33. The predicted octanol–water partition coefficient (Wildman–Crippen LogP) is 4.17. The van der Waals surface area contributed by atoms with Crippen LogP contribution in [0.5, 0.6) is 5.75 Å². The molecule has 0 unspecified atom stereocenters. The van der Waals surface area contributed by atoms with Crippen LogP contribution in [0.1, 0.15) is 5.01 Å². The van der Waals surface area contributed by atoms with Crippen molar-refractivity contribution in [1.82, 2.24) is 15.2 Å². The largest absolute Gasteiger partial charge is 0.492 e. The summed E-state index contributed by atoms with van der Waals surface area (Å²) in [6.07, 6.45) is 0. The third-order valence-corrected chi connectivity index (χ3v) is 4.84. The van der Waals surface area contributed by atoms with E-state index in [-0.39, 0.29) is 6.03 Å². The third-order valence-electron chi connectivity index (χ3n) is 3.57. The number of carbonyl (C=O) groups is 1. The minimum Gasteiger partial charge on any atom is -0.492 e. The first kappa shape index (κ1) is 17.5. The number of halogens is 1. The van der Waals surface area contributed by atoms with Crippen LogP contribution in [0.2, 0.25) is 5.02 Å². The van der Waals surface area contributed by atoms with Gasteiger partial charge in [-0.25, -0.2) is 9.78 Å². The van der Waals surface area contributed by atoms with Crippen LogP contribution in [0, 0.1) is 0 Å². The number of thiazole rings is 1. The van der Waals surface area contributed by atoms with Crippen molar-refractivity contribution in [2.75, 3.05) is 20.2 Å². The summed E-state index contributed by atoms with van der Waals surface area (Å²) >= 11 is 7.49. The molecule has 0 spiro atoms. The van der Waals surface area contributed by atoms with Crippen LogP contribution in [0.25, 0.3) is 10.2 Å². The lowest BCUT2D eigenvalue weighted by Gasteiger charge is -2.17. The Bertz CT molecular complexity index is 835. The fourth-order valence-electron chi connectivity index (χ4n) is 2.24. The Kier molecular flexibility index (Phi) is 5.73. The smallest absolute Gasteiger partial charge is 0.317 e. The van der Waals surface area contributed by atoms with Crippen LogP contribution in [0.3, 0.4) is 0 Å². The predicted molar refractivity (Wildman–Crippen MR) is 101 cm³/mol. The Labute approximate surface area is 155 Å². The number of para-hydroxylation sites is 1. The van der Waals surface area contributed by atoms with Crippen LogP contribution in [0.4, 0.5) is 4.79 Å². The van der Waals surface area contributed by atoms with Gasteiger partial charge >= 0.3 is 6.03 Å². The van der Waals surface area contributed by atoms with Crippen molar-refractivity contribution in [2.45, 2.75) is 6.54 Å². The van der Waals surface area contributed by atoms with Gasteiger partial charge in [0.2, 0.25) is 0 Å². The summed E-state index contributed by atoms with van der Waals surface area (Å²) in [5.74, 6) is 0.691. The van der Waals surface area contributed by atoms with Crippen LogP contribution >= 0.6 is 22.9 Å². The van der Waals surface area contributed by atoms with Crippen LogP contribution in [-0.2, 0) is 6.54 Å². The molecule has 0 aliphatic heterocycles. The lowest BCUT2D eigenvalue weighted by molar-refractivity contribution is 0.195. The molecule has 3 aromatic rings. The maximum atomic E-state index is 12.1. The first-order valence-corrected chi connectivity index (χ1v) is 9.03. The molecular weight excluding hydrogens is 358 g/mol. The van der Waals surface area contributed by atoms with Crippen molar-refractivity contribution in [3.05, 3.63) is 58.6 Å². The Morgan fingerprint density at radius 1 is 1.28 bits per heavy atom. The first-order chi connectivity index (χ1) is 12.1. The first-order valence-electron chi connectivity index (χ1n) is 7.83. The Morgan fingerprint density at radius 3 is 2.92 bits per heavy atom. The quantitative estimate of drug-likeness (QED) is 0.703. The number of rotatable bonds is 6. The number of benzene rings is 2. The normalized spacial score (nSPS) is 10.6. The highest BCUT2D eigenvalue weighted by molar-refractivity contribution is 7.18. The average molecular weight is 376 g/mol. The van der Waals surface area contributed by atoms with E-state index in [0.717, 1.165) is 15.2 Å². The molecule has 1 heterocycles. The van der Waals surface area contributed by atoms with Crippen molar-refractivity contribution in [1.29, 1.82) is 0 Å². The van der Waals surface area contributed by atoms with Gasteiger partial charge in [-0.15, -0.1) is 11.3 Å². The molecule has 2 aromatic carbocycles. The number of hydrogen-bond acceptors (Lipinski definition) is 4.